The SMILES string of the molecule is COC(=O)c1cccc(-n2c(C)cc(C3C(c4ccccn4)NC(=S)N3CCN3CCOCC3)c2C)c1. The van der Waals surface area contributed by atoms with Gasteiger partial charge in [0.2, 0.25) is 0 Å². The maximum Gasteiger partial charge on any atom is 0.337 e. The number of rotatable bonds is 7. The molecule has 2 atom stereocenters. The molecule has 3 aromatic rings. The third-order valence-electron chi connectivity index (χ3n) is 7.27. The van der Waals surface area contributed by atoms with Gasteiger partial charge in [0.05, 0.1) is 43.7 Å². The lowest BCUT2D eigenvalue weighted by Crippen LogP contribution is -2.42. The number of ether oxygens (including phenoxy) is 2. The second-order valence-corrected chi connectivity index (χ2v) is 9.86. The molecule has 1 aromatic carbocycles. The number of nitrogens with zero attached hydrogens (tertiary/aromatic N) is 4. The van der Waals surface area contributed by atoms with E-state index in [4.69, 9.17) is 21.7 Å². The molecule has 37 heavy (non-hydrogen) atoms. The van der Waals surface area contributed by atoms with Gasteiger partial charge in [0.15, 0.2) is 5.11 Å². The number of hydrogen-bond acceptors (Lipinski definition) is 6. The summed E-state index contributed by atoms with van der Waals surface area (Å²) in [6.45, 7) is 9.36. The Labute approximate surface area is 223 Å². The molecule has 2 aromatic heterocycles. The van der Waals surface area contributed by atoms with E-state index >= 15 is 0 Å². The summed E-state index contributed by atoms with van der Waals surface area (Å²) in [5, 5.41) is 4.31. The van der Waals surface area contributed by atoms with Crippen molar-refractivity contribution in [1.29, 1.82) is 0 Å². The third-order valence-corrected chi connectivity index (χ3v) is 7.63. The molecule has 2 aliphatic heterocycles. The number of aromatic nitrogens is 2. The summed E-state index contributed by atoms with van der Waals surface area (Å²) in [7, 11) is 1.40. The number of aryl methyl sites for hydroxylation is 1. The van der Waals surface area contributed by atoms with E-state index in [1.807, 2.05) is 36.5 Å². The van der Waals surface area contributed by atoms with Gasteiger partial charge < -0.3 is 24.3 Å². The summed E-state index contributed by atoms with van der Waals surface area (Å²) >= 11 is 5.88. The average Bonchev–Trinajstić information content (AvgIpc) is 3.42. The molecular formula is C28H33N5O3S. The molecule has 0 spiro atoms. The van der Waals surface area contributed by atoms with Gasteiger partial charge in [-0.2, -0.15) is 0 Å². The molecule has 2 unspecified atom stereocenters. The Kier molecular flexibility index (Phi) is 7.55. The molecular weight excluding hydrogens is 486 g/mol. The van der Waals surface area contributed by atoms with E-state index in [0.717, 1.165) is 67.3 Å². The summed E-state index contributed by atoms with van der Waals surface area (Å²) in [5.41, 5.74) is 5.78. The molecule has 0 aliphatic carbocycles. The highest BCUT2D eigenvalue weighted by molar-refractivity contribution is 7.80. The Balaban J connectivity index is 1.53. The predicted octanol–water partition coefficient (Wildman–Crippen LogP) is 3.58. The molecule has 0 bridgehead atoms. The number of nitrogens with one attached hydrogen (secondary N) is 1. The standard InChI is InChI=1S/C28H33N5O3S/c1-19-17-23(20(2)33(19)22-8-6-7-21(18-22)27(34)35-3)26-25(24-9-4-5-10-29-24)30-28(37)32(26)12-11-31-13-15-36-16-14-31/h4-10,17-18,25-26H,11-16H2,1-3H3,(H,30,37). The number of thiocarbonyl (C=S) groups is 1. The third kappa shape index (κ3) is 5.12. The highest BCUT2D eigenvalue weighted by Gasteiger charge is 2.41. The van der Waals surface area contributed by atoms with Gasteiger partial charge in [-0.15, -0.1) is 0 Å². The number of morpholine rings is 1. The van der Waals surface area contributed by atoms with Crippen molar-refractivity contribution in [1.82, 2.24) is 24.7 Å². The number of methoxy groups -OCH3 is 1. The van der Waals surface area contributed by atoms with Gasteiger partial charge in [0.25, 0.3) is 0 Å². The first kappa shape index (κ1) is 25.4. The Morgan fingerprint density at radius 1 is 1.14 bits per heavy atom. The topological polar surface area (TPSA) is 71.9 Å². The Morgan fingerprint density at radius 2 is 1.95 bits per heavy atom. The number of carbonyl (C=O) groups excluding carboxylic acids is 1. The van der Waals surface area contributed by atoms with Gasteiger partial charge in [0, 0.05) is 49.5 Å². The van der Waals surface area contributed by atoms with E-state index in [-0.39, 0.29) is 18.1 Å². The molecule has 2 aliphatic rings. The normalized spacial score (nSPS) is 20.2. The van der Waals surface area contributed by atoms with Crippen LogP contribution in [-0.4, -0.2) is 76.9 Å². The molecule has 8 nitrogen and oxygen atoms in total. The molecule has 194 valence electrons. The number of carbonyl (C=O) groups is 1. The number of benzene rings is 1. The van der Waals surface area contributed by atoms with Crippen molar-refractivity contribution >= 4 is 23.3 Å². The van der Waals surface area contributed by atoms with Gasteiger partial charge in [0.1, 0.15) is 0 Å². The molecule has 0 saturated carbocycles. The van der Waals surface area contributed by atoms with Gasteiger partial charge in [-0.3, -0.25) is 9.88 Å². The van der Waals surface area contributed by atoms with Crippen LogP contribution >= 0.6 is 12.2 Å². The molecule has 0 amide bonds. The fourth-order valence-electron chi connectivity index (χ4n) is 5.43. The van der Waals surface area contributed by atoms with E-state index in [1.54, 1.807) is 6.07 Å². The first-order valence-electron chi connectivity index (χ1n) is 12.6. The quantitative estimate of drug-likeness (QED) is 0.375. The van der Waals surface area contributed by atoms with Crippen molar-refractivity contribution in [2.75, 3.05) is 46.5 Å². The zero-order valence-corrected chi connectivity index (χ0v) is 22.3. The van der Waals surface area contributed by atoms with Crippen LogP contribution in [0.5, 0.6) is 0 Å². The van der Waals surface area contributed by atoms with Crippen LogP contribution in [0, 0.1) is 13.8 Å². The van der Waals surface area contributed by atoms with Crippen LogP contribution in [0.15, 0.2) is 54.7 Å². The van der Waals surface area contributed by atoms with Crippen LogP contribution in [-0.2, 0) is 9.47 Å². The molecule has 5 rings (SSSR count). The molecule has 4 heterocycles. The smallest absolute Gasteiger partial charge is 0.337 e. The fourth-order valence-corrected chi connectivity index (χ4v) is 5.76. The zero-order valence-electron chi connectivity index (χ0n) is 21.5. The predicted molar refractivity (Wildman–Crippen MR) is 146 cm³/mol. The van der Waals surface area contributed by atoms with Gasteiger partial charge in [-0.25, -0.2) is 4.79 Å². The highest BCUT2D eigenvalue weighted by Crippen LogP contribution is 2.41. The summed E-state index contributed by atoms with van der Waals surface area (Å²) in [6, 6.07) is 15.7. The summed E-state index contributed by atoms with van der Waals surface area (Å²) in [5.74, 6) is -0.348. The van der Waals surface area contributed by atoms with Gasteiger partial charge in [-0.05, 0) is 68.0 Å². The fraction of sp³-hybridized carbons (Fsp3) is 0.393. The average molecular weight is 520 g/mol. The maximum atomic E-state index is 12.2. The van der Waals surface area contributed by atoms with Crippen molar-refractivity contribution in [3.63, 3.8) is 0 Å². The number of pyridine rings is 1. The van der Waals surface area contributed by atoms with Crippen LogP contribution < -0.4 is 5.32 Å². The Hall–Kier alpha value is -3.27. The molecule has 2 fully saturated rings. The lowest BCUT2D eigenvalue weighted by Gasteiger charge is -2.32. The van der Waals surface area contributed by atoms with Crippen LogP contribution in [0.3, 0.4) is 0 Å². The van der Waals surface area contributed by atoms with Crippen molar-refractivity contribution in [2.24, 2.45) is 0 Å². The van der Waals surface area contributed by atoms with Crippen LogP contribution in [0.25, 0.3) is 5.69 Å². The van der Waals surface area contributed by atoms with Gasteiger partial charge in [-0.1, -0.05) is 12.1 Å². The van der Waals surface area contributed by atoms with E-state index in [9.17, 15) is 4.79 Å². The van der Waals surface area contributed by atoms with E-state index in [2.05, 4.69) is 50.6 Å². The van der Waals surface area contributed by atoms with Crippen LogP contribution in [0.4, 0.5) is 0 Å². The van der Waals surface area contributed by atoms with E-state index in [0.29, 0.717) is 5.56 Å². The van der Waals surface area contributed by atoms with Crippen molar-refractivity contribution in [3.05, 3.63) is 82.9 Å². The lowest BCUT2D eigenvalue weighted by atomic mass is 9.96. The van der Waals surface area contributed by atoms with Crippen LogP contribution in [0.2, 0.25) is 0 Å². The minimum absolute atomic E-state index is 0.0211. The molecule has 9 heteroatoms. The largest absolute Gasteiger partial charge is 0.465 e. The minimum Gasteiger partial charge on any atom is -0.465 e. The molecule has 1 N–H and O–H groups in total. The molecule has 0 radical (unpaired) electrons. The molecule has 2 saturated heterocycles. The van der Waals surface area contributed by atoms with Crippen molar-refractivity contribution in [3.8, 4) is 5.69 Å². The summed E-state index contributed by atoms with van der Waals surface area (Å²) in [6.07, 6.45) is 1.83. The first-order chi connectivity index (χ1) is 18.0. The Morgan fingerprint density at radius 3 is 2.68 bits per heavy atom. The summed E-state index contributed by atoms with van der Waals surface area (Å²) < 4.78 is 12.7. The zero-order chi connectivity index (χ0) is 25.9. The van der Waals surface area contributed by atoms with E-state index < -0.39 is 0 Å². The first-order valence-corrected chi connectivity index (χ1v) is 13.0. The summed E-state index contributed by atoms with van der Waals surface area (Å²) in [4.78, 5) is 21.6. The monoisotopic (exact) mass is 519 g/mol. The van der Waals surface area contributed by atoms with E-state index in [1.165, 1.54) is 12.7 Å². The highest BCUT2D eigenvalue weighted by atomic mass is 32.1. The number of hydrogen-bond donors (Lipinski definition) is 1. The van der Waals surface area contributed by atoms with Crippen LogP contribution in [0.1, 0.15) is 45.1 Å². The Bertz CT molecular complexity index is 1270. The second-order valence-electron chi connectivity index (χ2n) is 9.48. The number of esters is 1. The van der Waals surface area contributed by atoms with Gasteiger partial charge >= 0.3 is 5.97 Å². The minimum atomic E-state index is -0.348. The lowest BCUT2D eigenvalue weighted by molar-refractivity contribution is 0.0350. The van der Waals surface area contributed by atoms with Crippen molar-refractivity contribution in [2.45, 2.75) is 25.9 Å². The maximum absolute atomic E-state index is 12.2. The van der Waals surface area contributed by atoms with Crippen molar-refractivity contribution < 1.29 is 14.3 Å². The second kappa shape index (κ2) is 11.0.